The molecule has 0 aliphatic carbocycles. The molecule has 0 atom stereocenters. The number of ether oxygens (including phenoxy) is 1. The van der Waals surface area contributed by atoms with Gasteiger partial charge in [-0.15, -0.1) is 0 Å². The maximum Gasteiger partial charge on any atom is 0.260 e. The molecule has 0 aromatic heterocycles. The molecule has 4 aromatic rings. The van der Waals surface area contributed by atoms with Crippen LogP contribution in [0.3, 0.4) is 0 Å². The van der Waals surface area contributed by atoms with Crippen molar-refractivity contribution in [1.82, 2.24) is 0 Å². The van der Waals surface area contributed by atoms with Crippen molar-refractivity contribution in [2.24, 2.45) is 0 Å². The molecule has 0 saturated heterocycles. The van der Waals surface area contributed by atoms with E-state index in [1.807, 2.05) is 55.5 Å². The fourth-order valence-corrected chi connectivity index (χ4v) is 4.35. The van der Waals surface area contributed by atoms with Gasteiger partial charge in [-0.25, -0.2) is 0 Å². The lowest BCUT2D eigenvalue weighted by Gasteiger charge is -2.22. The van der Waals surface area contributed by atoms with Gasteiger partial charge in [-0.3, -0.25) is 9.59 Å². The summed E-state index contributed by atoms with van der Waals surface area (Å²) < 4.78 is 6.59. The summed E-state index contributed by atoms with van der Waals surface area (Å²) in [4.78, 5) is 28.1. The monoisotopic (exact) mass is 542 g/mol. The quantitative estimate of drug-likeness (QED) is 0.248. The summed E-state index contributed by atoms with van der Waals surface area (Å²) in [5.74, 6) is 0.178. The molecule has 0 aliphatic heterocycles. The first-order valence-corrected chi connectivity index (χ1v) is 12.6. The Morgan fingerprint density at radius 2 is 1.53 bits per heavy atom. The Morgan fingerprint density at radius 3 is 2.22 bits per heavy atom. The third-order valence-electron chi connectivity index (χ3n) is 5.72. The Balaban J connectivity index is 1.45. The lowest BCUT2D eigenvalue weighted by Crippen LogP contribution is -2.31. The number of carbonyl (C=O) groups excluding carboxylic acids is 2. The third kappa shape index (κ3) is 6.20. The zero-order chi connectivity index (χ0) is 25.3. The van der Waals surface area contributed by atoms with Gasteiger partial charge in [0.15, 0.2) is 0 Å². The summed E-state index contributed by atoms with van der Waals surface area (Å²) in [5, 5.41) is 2.90. The summed E-state index contributed by atoms with van der Waals surface area (Å²) in [5.41, 5.74) is 3.34. The summed E-state index contributed by atoms with van der Waals surface area (Å²) in [6.07, 6.45) is 0.790. The number of benzene rings is 4. The van der Waals surface area contributed by atoms with E-state index in [9.17, 15) is 9.59 Å². The van der Waals surface area contributed by atoms with Crippen LogP contribution < -0.4 is 15.0 Å². The summed E-state index contributed by atoms with van der Waals surface area (Å²) in [7, 11) is 0. The maximum atomic E-state index is 13.4. The van der Waals surface area contributed by atoms with Gasteiger partial charge in [0.1, 0.15) is 5.75 Å². The van der Waals surface area contributed by atoms with Gasteiger partial charge in [0, 0.05) is 24.2 Å². The van der Waals surface area contributed by atoms with E-state index in [0.29, 0.717) is 40.2 Å². The van der Waals surface area contributed by atoms with Gasteiger partial charge in [-0.05, 0) is 70.9 Å². The SMILES string of the molecule is CCN(C(=O)c1ccccc1NC(=O)c1ccc(OCCc2ccccc2)c(Br)c1)c1ccccc1. The molecular weight excluding hydrogens is 516 g/mol. The molecule has 0 aliphatic rings. The molecule has 0 bridgehead atoms. The van der Waals surface area contributed by atoms with Crippen molar-refractivity contribution < 1.29 is 14.3 Å². The number of nitrogens with one attached hydrogen (secondary N) is 1. The lowest BCUT2D eigenvalue weighted by molar-refractivity contribution is 0.0989. The lowest BCUT2D eigenvalue weighted by atomic mass is 10.1. The van der Waals surface area contributed by atoms with Crippen LogP contribution in [0, 0.1) is 0 Å². The van der Waals surface area contributed by atoms with Gasteiger partial charge in [0.2, 0.25) is 0 Å². The number of halogens is 1. The van der Waals surface area contributed by atoms with Crippen LogP contribution in [0.1, 0.15) is 33.2 Å². The van der Waals surface area contributed by atoms with Crippen molar-refractivity contribution in [3.8, 4) is 5.75 Å². The molecule has 1 N–H and O–H groups in total. The van der Waals surface area contributed by atoms with E-state index >= 15 is 0 Å². The Labute approximate surface area is 219 Å². The first-order valence-electron chi connectivity index (χ1n) is 11.8. The highest BCUT2D eigenvalue weighted by atomic mass is 79.9. The number of hydrogen-bond acceptors (Lipinski definition) is 3. The molecule has 0 fully saturated rings. The Kier molecular flexibility index (Phi) is 8.53. The summed E-state index contributed by atoms with van der Waals surface area (Å²) >= 11 is 3.51. The highest BCUT2D eigenvalue weighted by Gasteiger charge is 2.20. The van der Waals surface area contributed by atoms with Crippen molar-refractivity contribution in [2.45, 2.75) is 13.3 Å². The maximum absolute atomic E-state index is 13.4. The largest absolute Gasteiger partial charge is 0.492 e. The molecular formula is C30H27BrN2O3. The number of rotatable bonds is 9. The zero-order valence-corrected chi connectivity index (χ0v) is 21.6. The van der Waals surface area contributed by atoms with Gasteiger partial charge in [0.25, 0.3) is 11.8 Å². The van der Waals surface area contributed by atoms with Crippen LogP contribution in [0.25, 0.3) is 0 Å². The van der Waals surface area contributed by atoms with Gasteiger partial charge < -0.3 is 15.0 Å². The molecule has 0 radical (unpaired) electrons. The second-order valence-electron chi connectivity index (χ2n) is 8.11. The smallest absolute Gasteiger partial charge is 0.260 e. The highest BCUT2D eigenvalue weighted by molar-refractivity contribution is 9.10. The van der Waals surface area contributed by atoms with E-state index in [0.717, 1.165) is 12.1 Å². The first kappa shape index (κ1) is 25.2. The molecule has 4 aromatic carbocycles. The number of nitrogens with zero attached hydrogens (tertiary/aromatic N) is 1. The van der Waals surface area contributed by atoms with E-state index in [-0.39, 0.29) is 11.8 Å². The van der Waals surface area contributed by atoms with E-state index in [1.54, 1.807) is 47.4 Å². The molecule has 0 saturated carbocycles. The van der Waals surface area contributed by atoms with Crippen LogP contribution >= 0.6 is 15.9 Å². The van der Waals surface area contributed by atoms with Crippen LogP contribution in [-0.2, 0) is 6.42 Å². The molecule has 4 rings (SSSR count). The van der Waals surface area contributed by atoms with Crippen molar-refractivity contribution >= 4 is 39.1 Å². The first-order chi connectivity index (χ1) is 17.6. The van der Waals surface area contributed by atoms with Crippen LogP contribution in [0.4, 0.5) is 11.4 Å². The van der Waals surface area contributed by atoms with Crippen molar-refractivity contribution in [2.75, 3.05) is 23.4 Å². The summed E-state index contributed by atoms with van der Waals surface area (Å²) in [6, 6.07) is 31.9. The van der Waals surface area contributed by atoms with Crippen molar-refractivity contribution in [3.05, 3.63) is 124 Å². The molecule has 5 nitrogen and oxygen atoms in total. The van der Waals surface area contributed by atoms with Crippen molar-refractivity contribution in [1.29, 1.82) is 0 Å². The fraction of sp³-hybridized carbons (Fsp3) is 0.133. The summed E-state index contributed by atoms with van der Waals surface area (Å²) in [6.45, 7) is 2.95. The van der Waals surface area contributed by atoms with Crippen LogP contribution in [0.2, 0.25) is 0 Å². The molecule has 6 heteroatoms. The van der Waals surface area contributed by atoms with E-state index in [2.05, 4.69) is 33.4 Å². The third-order valence-corrected chi connectivity index (χ3v) is 6.34. The average molecular weight is 543 g/mol. The number of anilines is 2. The number of para-hydroxylation sites is 2. The van der Waals surface area contributed by atoms with Gasteiger partial charge in [-0.1, -0.05) is 60.7 Å². The molecule has 0 unspecified atom stereocenters. The van der Waals surface area contributed by atoms with Crippen LogP contribution in [0.15, 0.2) is 108 Å². The minimum absolute atomic E-state index is 0.178. The highest BCUT2D eigenvalue weighted by Crippen LogP contribution is 2.27. The van der Waals surface area contributed by atoms with Gasteiger partial charge in [0.05, 0.1) is 22.3 Å². The standard InChI is InChI=1S/C30H27BrN2O3/c1-2-33(24-13-7-4-8-14-24)30(35)25-15-9-10-16-27(25)32-29(34)23-17-18-28(26(31)21-23)36-20-19-22-11-5-3-6-12-22/h3-18,21H,2,19-20H2,1H3,(H,32,34). The van der Waals surface area contributed by atoms with Crippen LogP contribution in [-0.4, -0.2) is 25.0 Å². The second-order valence-corrected chi connectivity index (χ2v) is 8.97. The number of hydrogen-bond donors (Lipinski definition) is 1. The average Bonchev–Trinajstić information content (AvgIpc) is 2.91. The minimum atomic E-state index is -0.311. The van der Waals surface area contributed by atoms with Crippen LogP contribution in [0.5, 0.6) is 5.75 Å². The normalized spacial score (nSPS) is 10.5. The molecule has 182 valence electrons. The fourth-order valence-electron chi connectivity index (χ4n) is 3.85. The number of carbonyl (C=O) groups is 2. The molecule has 0 heterocycles. The second kappa shape index (κ2) is 12.2. The Morgan fingerprint density at radius 1 is 0.861 bits per heavy atom. The van der Waals surface area contributed by atoms with E-state index in [1.165, 1.54) is 5.56 Å². The van der Waals surface area contributed by atoms with E-state index < -0.39 is 0 Å². The minimum Gasteiger partial charge on any atom is -0.492 e. The number of amides is 2. The van der Waals surface area contributed by atoms with Crippen molar-refractivity contribution in [3.63, 3.8) is 0 Å². The topological polar surface area (TPSA) is 58.6 Å². The van der Waals surface area contributed by atoms with Gasteiger partial charge in [-0.2, -0.15) is 0 Å². The van der Waals surface area contributed by atoms with E-state index in [4.69, 9.17) is 4.74 Å². The predicted octanol–water partition coefficient (Wildman–Crippen LogP) is 6.99. The Bertz CT molecular complexity index is 1330. The zero-order valence-electron chi connectivity index (χ0n) is 20.0. The molecule has 0 spiro atoms. The molecule has 36 heavy (non-hydrogen) atoms. The van der Waals surface area contributed by atoms with Gasteiger partial charge >= 0.3 is 0 Å². The Hall–Kier alpha value is -3.90. The molecule has 2 amide bonds. The predicted molar refractivity (Wildman–Crippen MR) is 148 cm³/mol.